The van der Waals surface area contributed by atoms with E-state index >= 15 is 0 Å². The number of carbonyl (C=O) groups excluding carboxylic acids is 1. The quantitative estimate of drug-likeness (QED) is 0.772. The molecule has 1 unspecified atom stereocenters. The van der Waals surface area contributed by atoms with Gasteiger partial charge in [-0.05, 0) is 49.8 Å². The first-order valence-electron chi connectivity index (χ1n) is 8.36. The Balaban J connectivity index is 2.07. The van der Waals surface area contributed by atoms with Gasteiger partial charge in [0.1, 0.15) is 11.5 Å². The molecular weight excluding hydrogens is 288 g/mol. The molecular formula is C20H28O3. The highest BCUT2D eigenvalue weighted by atomic mass is 16.5. The molecule has 3 nitrogen and oxygen atoms in total. The summed E-state index contributed by atoms with van der Waals surface area (Å²) in [4.78, 5) is 12.6. The molecule has 0 amide bonds. The van der Waals surface area contributed by atoms with Gasteiger partial charge in [0, 0.05) is 18.4 Å². The normalized spacial score (nSPS) is 20.3. The van der Waals surface area contributed by atoms with Gasteiger partial charge in [-0.15, -0.1) is 0 Å². The van der Waals surface area contributed by atoms with Crippen LogP contribution in [0.4, 0.5) is 0 Å². The number of rotatable bonds is 6. The number of ketones is 1. The van der Waals surface area contributed by atoms with E-state index in [0.29, 0.717) is 0 Å². The topological polar surface area (TPSA) is 35.5 Å². The molecule has 0 aliphatic heterocycles. The monoisotopic (exact) mass is 316 g/mol. The average molecular weight is 316 g/mol. The molecule has 0 saturated carbocycles. The lowest BCUT2D eigenvalue weighted by molar-refractivity contribution is -0.123. The molecule has 0 aromatic heterocycles. The van der Waals surface area contributed by atoms with E-state index in [-0.39, 0.29) is 23.2 Å². The second-order valence-electron chi connectivity index (χ2n) is 7.29. The summed E-state index contributed by atoms with van der Waals surface area (Å²) < 4.78 is 11.0. The van der Waals surface area contributed by atoms with Crippen molar-refractivity contribution in [2.45, 2.75) is 53.1 Å². The van der Waals surface area contributed by atoms with Crippen LogP contribution in [-0.2, 0) is 16.0 Å². The number of allylic oxidation sites excluding steroid dienone is 2. The van der Waals surface area contributed by atoms with Crippen LogP contribution in [0.1, 0.15) is 46.1 Å². The lowest BCUT2D eigenvalue weighted by Crippen LogP contribution is -2.35. The van der Waals surface area contributed by atoms with Gasteiger partial charge in [0.15, 0.2) is 5.78 Å². The molecule has 0 heterocycles. The number of aryl methyl sites for hydroxylation is 1. The molecule has 1 aromatic rings. The number of benzene rings is 1. The lowest BCUT2D eigenvalue weighted by Gasteiger charge is -2.37. The molecule has 0 N–H and O–H groups in total. The average Bonchev–Trinajstić information content (AvgIpc) is 2.45. The molecule has 0 fully saturated rings. The molecule has 1 atom stereocenters. The molecule has 0 bridgehead atoms. The fraction of sp³-hybridized carbons (Fsp3) is 0.550. The van der Waals surface area contributed by atoms with Gasteiger partial charge in [-0.2, -0.15) is 0 Å². The molecule has 1 aliphatic rings. The van der Waals surface area contributed by atoms with Gasteiger partial charge >= 0.3 is 0 Å². The summed E-state index contributed by atoms with van der Waals surface area (Å²) in [7, 11) is 1.67. The lowest BCUT2D eigenvalue weighted by atomic mass is 9.68. The fourth-order valence-corrected chi connectivity index (χ4v) is 3.32. The molecule has 23 heavy (non-hydrogen) atoms. The van der Waals surface area contributed by atoms with E-state index < -0.39 is 0 Å². The Bertz CT molecular complexity index is 584. The number of methoxy groups -OCH3 is 1. The number of carbonyl (C=O) groups is 1. The molecule has 126 valence electrons. The summed E-state index contributed by atoms with van der Waals surface area (Å²) >= 11 is 0. The SMILES string of the molecule is COc1cccc(CCC2C(=O)C=C(OC(C)C)CC2(C)C)c1. The Labute approximate surface area is 139 Å². The van der Waals surface area contributed by atoms with Crippen molar-refractivity contribution < 1.29 is 14.3 Å². The molecule has 2 rings (SSSR count). The smallest absolute Gasteiger partial charge is 0.162 e. The van der Waals surface area contributed by atoms with Crippen molar-refractivity contribution in [3.63, 3.8) is 0 Å². The largest absolute Gasteiger partial charge is 0.497 e. The van der Waals surface area contributed by atoms with E-state index in [1.165, 1.54) is 5.56 Å². The third-order valence-electron chi connectivity index (χ3n) is 4.46. The molecule has 1 aliphatic carbocycles. The minimum atomic E-state index is -0.0745. The van der Waals surface area contributed by atoms with E-state index in [1.807, 2.05) is 32.0 Å². The zero-order valence-corrected chi connectivity index (χ0v) is 14.9. The number of hydrogen-bond donors (Lipinski definition) is 0. The van der Waals surface area contributed by atoms with E-state index in [2.05, 4.69) is 19.9 Å². The Hall–Kier alpha value is -1.77. The highest BCUT2D eigenvalue weighted by Crippen LogP contribution is 2.41. The van der Waals surface area contributed by atoms with Crippen LogP contribution in [0.5, 0.6) is 5.75 Å². The van der Waals surface area contributed by atoms with Gasteiger partial charge in [-0.25, -0.2) is 0 Å². The first-order chi connectivity index (χ1) is 10.8. The van der Waals surface area contributed by atoms with E-state index in [0.717, 1.165) is 30.8 Å². The highest BCUT2D eigenvalue weighted by Gasteiger charge is 2.38. The summed E-state index contributed by atoms with van der Waals surface area (Å²) in [5.74, 6) is 1.92. The number of hydrogen-bond acceptors (Lipinski definition) is 3. The van der Waals surface area contributed by atoms with Gasteiger partial charge in [-0.3, -0.25) is 4.79 Å². The Morgan fingerprint density at radius 3 is 2.65 bits per heavy atom. The molecule has 0 saturated heterocycles. The van der Waals surface area contributed by atoms with Gasteiger partial charge in [0.05, 0.1) is 13.2 Å². The van der Waals surface area contributed by atoms with E-state index in [1.54, 1.807) is 13.2 Å². The molecule has 3 heteroatoms. The maximum atomic E-state index is 12.6. The fourth-order valence-electron chi connectivity index (χ4n) is 3.32. The maximum Gasteiger partial charge on any atom is 0.162 e. The van der Waals surface area contributed by atoms with E-state index in [9.17, 15) is 4.79 Å². The van der Waals surface area contributed by atoms with Crippen LogP contribution in [0, 0.1) is 11.3 Å². The predicted octanol–water partition coefficient (Wildman–Crippen LogP) is 4.55. The van der Waals surface area contributed by atoms with Crippen molar-refractivity contribution in [3.05, 3.63) is 41.7 Å². The first kappa shape index (κ1) is 17.6. The van der Waals surface area contributed by atoms with E-state index in [4.69, 9.17) is 9.47 Å². The summed E-state index contributed by atoms with van der Waals surface area (Å²) in [5.41, 5.74) is 1.13. The highest BCUT2D eigenvalue weighted by molar-refractivity contribution is 5.93. The minimum Gasteiger partial charge on any atom is -0.497 e. The van der Waals surface area contributed by atoms with Crippen LogP contribution in [0.25, 0.3) is 0 Å². The maximum absolute atomic E-state index is 12.6. The molecule has 0 spiro atoms. The second kappa shape index (κ2) is 7.20. The van der Waals surface area contributed by atoms with Crippen molar-refractivity contribution in [1.29, 1.82) is 0 Å². The summed E-state index contributed by atoms with van der Waals surface area (Å²) in [6.45, 7) is 8.32. The summed E-state index contributed by atoms with van der Waals surface area (Å²) in [6, 6.07) is 8.07. The van der Waals surface area contributed by atoms with Crippen molar-refractivity contribution in [1.82, 2.24) is 0 Å². The van der Waals surface area contributed by atoms with Gasteiger partial charge in [0.25, 0.3) is 0 Å². The minimum absolute atomic E-state index is 0.0354. The molecule has 0 radical (unpaired) electrons. The summed E-state index contributed by atoms with van der Waals surface area (Å²) in [6.07, 6.45) is 4.37. The Morgan fingerprint density at radius 1 is 1.30 bits per heavy atom. The Morgan fingerprint density at radius 2 is 2.04 bits per heavy atom. The van der Waals surface area contributed by atoms with Crippen LogP contribution < -0.4 is 4.74 Å². The van der Waals surface area contributed by atoms with Crippen molar-refractivity contribution >= 4 is 5.78 Å². The van der Waals surface area contributed by atoms with Gasteiger partial charge in [0.2, 0.25) is 0 Å². The number of ether oxygens (including phenoxy) is 2. The van der Waals surface area contributed by atoms with Crippen LogP contribution in [0.15, 0.2) is 36.1 Å². The van der Waals surface area contributed by atoms with Crippen LogP contribution in [-0.4, -0.2) is 19.0 Å². The first-order valence-corrected chi connectivity index (χ1v) is 8.36. The Kier molecular flexibility index (Phi) is 5.51. The second-order valence-corrected chi connectivity index (χ2v) is 7.29. The van der Waals surface area contributed by atoms with Crippen LogP contribution in [0.3, 0.4) is 0 Å². The zero-order chi connectivity index (χ0) is 17.0. The zero-order valence-electron chi connectivity index (χ0n) is 14.9. The van der Waals surface area contributed by atoms with Crippen molar-refractivity contribution in [2.75, 3.05) is 7.11 Å². The standard InChI is InChI=1S/C20H28O3/c1-14(2)23-17-12-19(21)18(20(3,4)13-17)10-9-15-7-6-8-16(11-15)22-5/h6-8,11-12,14,18H,9-10,13H2,1-5H3. The summed E-state index contributed by atoms with van der Waals surface area (Å²) in [5, 5.41) is 0. The van der Waals surface area contributed by atoms with Gasteiger partial charge in [-0.1, -0.05) is 26.0 Å². The van der Waals surface area contributed by atoms with Crippen molar-refractivity contribution in [3.8, 4) is 5.75 Å². The van der Waals surface area contributed by atoms with Crippen molar-refractivity contribution in [2.24, 2.45) is 11.3 Å². The van der Waals surface area contributed by atoms with Crippen LogP contribution >= 0.6 is 0 Å². The van der Waals surface area contributed by atoms with Gasteiger partial charge < -0.3 is 9.47 Å². The third kappa shape index (κ3) is 4.60. The predicted molar refractivity (Wildman–Crippen MR) is 92.5 cm³/mol. The third-order valence-corrected chi connectivity index (χ3v) is 4.46. The van der Waals surface area contributed by atoms with Crippen LogP contribution in [0.2, 0.25) is 0 Å². The molecule has 1 aromatic carbocycles.